The number of hydrogen-bond donors (Lipinski definition) is 2. The lowest BCUT2D eigenvalue weighted by atomic mass is 10.1. The number of rotatable bonds is 3. The Labute approximate surface area is 118 Å². The molecule has 0 bridgehead atoms. The van der Waals surface area contributed by atoms with Gasteiger partial charge >= 0.3 is 0 Å². The van der Waals surface area contributed by atoms with Crippen molar-refractivity contribution >= 4 is 26.9 Å². The zero-order valence-corrected chi connectivity index (χ0v) is 11.6. The summed E-state index contributed by atoms with van der Waals surface area (Å²) in [6, 6.07) is 11.5. The minimum Gasteiger partial charge on any atom is -0.458 e. The number of aromatic nitrogens is 1. The van der Waals surface area contributed by atoms with Gasteiger partial charge in [0.25, 0.3) is 0 Å². The fourth-order valence-electron chi connectivity index (χ4n) is 2.08. The van der Waals surface area contributed by atoms with Gasteiger partial charge in [0.05, 0.1) is 4.47 Å². The van der Waals surface area contributed by atoms with E-state index in [2.05, 4.69) is 26.3 Å². The van der Waals surface area contributed by atoms with Crippen molar-refractivity contribution in [1.29, 1.82) is 0 Å². The fraction of sp³-hybridized carbons (Fsp3) is 0.0714. The summed E-state index contributed by atoms with van der Waals surface area (Å²) in [5.74, 6) is 6.41. The van der Waals surface area contributed by atoms with Gasteiger partial charge in [-0.1, -0.05) is 18.2 Å². The molecule has 0 aliphatic heterocycles. The Bertz CT molecular complexity index is 696. The van der Waals surface area contributed by atoms with E-state index >= 15 is 0 Å². The van der Waals surface area contributed by atoms with Gasteiger partial charge in [0.15, 0.2) is 0 Å². The zero-order chi connectivity index (χ0) is 13.2. The van der Waals surface area contributed by atoms with E-state index in [1.165, 1.54) is 0 Å². The lowest BCUT2D eigenvalue weighted by Crippen LogP contribution is -2.28. The molecular weight excluding hydrogens is 306 g/mol. The first-order chi connectivity index (χ1) is 9.29. The third-order valence-electron chi connectivity index (χ3n) is 2.98. The highest BCUT2D eigenvalue weighted by atomic mass is 79.9. The molecule has 1 atom stereocenters. The predicted octanol–water partition coefficient (Wildman–Crippen LogP) is 3.14. The third kappa shape index (κ3) is 2.28. The molecule has 5 heteroatoms. The summed E-state index contributed by atoms with van der Waals surface area (Å²) in [5, 5.41) is 1.04. The number of nitrogens with two attached hydrogens (primary N) is 1. The summed E-state index contributed by atoms with van der Waals surface area (Å²) in [5.41, 5.74) is 4.55. The Kier molecular flexibility index (Phi) is 3.33. The van der Waals surface area contributed by atoms with Crippen LogP contribution >= 0.6 is 15.9 Å². The standard InChI is InChI=1S/C14H12BrN3O/c15-11-5-1-3-9-7-12(19-14(9)11)13(18-16)10-4-2-6-17-8-10/h1-8,13,18H,16H2. The van der Waals surface area contributed by atoms with Crippen molar-refractivity contribution in [2.24, 2.45) is 5.84 Å². The van der Waals surface area contributed by atoms with Crippen LogP contribution in [-0.4, -0.2) is 4.98 Å². The Morgan fingerprint density at radius 2 is 2.16 bits per heavy atom. The van der Waals surface area contributed by atoms with E-state index < -0.39 is 0 Å². The first kappa shape index (κ1) is 12.3. The first-order valence-electron chi connectivity index (χ1n) is 5.83. The van der Waals surface area contributed by atoms with Gasteiger partial charge in [0.1, 0.15) is 17.4 Å². The molecule has 19 heavy (non-hydrogen) atoms. The molecule has 3 rings (SSSR count). The second-order valence-corrected chi connectivity index (χ2v) is 5.05. The van der Waals surface area contributed by atoms with Gasteiger partial charge < -0.3 is 4.42 Å². The van der Waals surface area contributed by atoms with E-state index in [9.17, 15) is 0 Å². The molecule has 4 nitrogen and oxygen atoms in total. The quantitative estimate of drug-likeness (QED) is 0.575. The molecule has 0 amide bonds. The van der Waals surface area contributed by atoms with Crippen molar-refractivity contribution in [3.05, 3.63) is 64.6 Å². The van der Waals surface area contributed by atoms with E-state index in [-0.39, 0.29) is 6.04 Å². The second-order valence-electron chi connectivity index (χ2n) is 4.19. The summed E-state index contributed by atoms with van der Waals surface area (Å²) >= 11 is 3.48. The molecular formula is C14H12BrN3O. The van der Waals surface area contributed by atoms with Crippen molar-refractivity contribution in [2.45, 2.75) is 6.04 Å². The first-order valence-corrected chi connectivity index (χ1v) is 6.63. The molecule has 0 aliphatic carbocycles. The Morgan fingerprint density at radius 3 is 2.84 bits per heavy atom. The van der Waals surface area contributed by atoms with Crippen molar-refractivity contribution in [2.75, 3.05) is 0 Å². The second kappa shape index (κ2) is 5.13. The lowest BCUT2D eigenvalue weighted by Gasteiger charge is -2.12. The van der Waals surface area contributed by atoms with Crippen molar-refractivity contribution < 1.29 is 4.42 Å². The minimum absolute atomic E-state index is 0.215. The van der Waals surface area contributed by atoms with E-state index in [1.54, 1.807) is 12.4 Å². The summed E-state index contributed by atoms with van der Waals surface area (Å²) in [6.07, 6.45) is 3.50. The number of benzene rings is 1. The maximum Gasteiger partial charge on any atom is 0.148 e. The van der Waals surface area contributed by atoms with Crippen LogP contribution in [0.4, 0.5) is 0 Å². The molecule has 2 aromatic heterocycles. The molecule has 0 saturated heterocycles. The summed E-state index contributed by atoms with van der Waals surface area (Å²) in [4.78, 5) is 4.10. The molecule has 0 spiro atoms. The Balaban J connectivity index is 2.09. The van der Waals surface area contributed by atoms with Crippen LogP contribution in [0, 0.1) is 0 Å². The van der Waals surface area contributed by atoms with Gasteiger partial charge in [-0.15, -0.1) is 0 Å². The molecule has 3 N–H and O–H groups in total. The molecule has 1 unspecified atom stereocenters. The minimum atomic E-state index is -0.215. The topological polar surface area (TPSA) is 64.1 Å². The van der Waals surface area contributed by atoms with Gasteiger partial charge in [-0.3, -0.25) is 10.8 Å². The number of halogens is 1. The van der Waals surface area contributed by atoms with Crippen molar-refractivity contribution in [3.63, 3.8) is 0 Å². The number of nitrogens with zero attached hydrogens (tertiary/aromatic N) is 1. The average molecular weight is 318 g/mol. The SMILES string of the molecule is NNC(c1cccnc1)c1cc2cccc(Br)c2o1. The average Bonchev–Trinajstić information content (AvgIpc) is 2.86. The number of fused-ring (bicyclic) bond motifs is 1. The number of para-hydroxylation sites is 1. The monoisotopic (exact) mass is 317 g/mol. The van der Waals surface area contributed by atoms with Crippen LogP contribution in [-0.2, 0) is 0 Å². The van der Waals surface area contributed by atoms with Gasteiger partial charge in [-0.25, -0.2) is 5.43 Å². The molecule has 0 saturated carbocycles. The lowest BCUT2D eigenvalue weighted by molar-refractivity contribution is 0.476. The van der Waals surface area contributed by atoms with E-state index in [1.807, 2.05) is 36.4 Å². The molecule has 96 valence electrons. The largest absolute Gasteiger partial charge is 0.458 e. The fourth-order valence-corrected chi connectivity index (χ4v) is 2.54. The van der Waals surface area contributed by atoms with E-state index in [4.69, 9.17) is 10.3 Å². The van der Waals surface area contributed by atoms with Gasteiger partial charge in [0, 0.05) is 17.8 Å². The van der Waals surface area contributed by atoms with Crippen molar-refractivity contribution in [3.8, 4) is 0 Å². The van der Waals surface area contributed by atoms with Crippen LogP contribution in [0.5, 0.6) is 0 Å². The highest BCUT2D eigenvalue weighted by Crippen LogP contribution is 2.31. The van der Waals surface area contributed by atoms with Gasteiger partial charge in [-0.05, 0) is 39.7 Å². The Hall–Kier alpha value is -1.69. The summed E-state index contributed by atoms with van der Waals surface area (Å²) in [7, 11) is 0. The van der Waals surface area contributed by atoms with E-state index in [0.717, 1.165) is 26.8 Å². The molecule has 0 aliphatic rings. The summed E-state index contributed by atoms with van der Waals surface area (Å²) < 4.78 is 6.82. The molecule has 2 heterocycles. The molecule has 0 fully saturated rings. The van der Waals surface area contributed by atoms with Gasteiger partial charge in [0.2, 0.25) is 0 Å². The number of nitrogens with one attached hydrogen (secondary N) is 1. The zero-order valence-electron chi connectivity index (χ0n) is 10.0. The highest BCUT2D eigenvalue weighted by Gasteiger charge is 2.18. The summed E-state index contributed by atoms with van der Waals surface area (Å²) in [6.45, 7) is 0. The van der Waals surface area contributed by atoms with Crippen LogP contribution in [0.3, 0.4) is 0 Å². The van der Waals surface area contributed by atoms with Crippen LogP contribution < -0.4 is 11.3 Å². The van der Waals surface area contributed by atoms with Crippen LogP contribution in [0.25, 0.3) is 11.0 Å². The van der Waals surface area contributed by atoms with E-state index in [0.29, 0.717) is 0 Å². The number of pyridine rings is 1. The third-order valence-corrected chi connectivity index (χ3v) is 3.61. The Morgan fingerprint density at radius 1 is 1.26 bits per heavy atom. The molecule has 1 aromatic carbocycles. The normalized spacial score (nSPS) is 12.7. The van der Waals surface area contributed by atoms with Gasteiger partial charge in [-0.2, -0.15) is 0 Å². The number of furan rings is 1. The van der Waals surface area contributed by atoms with Crippen LogP contribution in [0.15, 0.2) is 57.7 Å². The molecule has 0 radical (unpaired) electrons. The van der Waals surface area contributed by atoms with Crippen LogP contribution in [0.1, 0.15) is 17.4 Å². The van der Waals surface area contributed by atoms with Crippen LogP contribution in [0.2, 0.25) is 0 Å². The maximum absolute atomic E-state index is 5.89. The van der Waals surface area contributed by atoms with Crippen molar-refractivity contribution in [1.82, 2.24) is 10.4 Å². The molecule has 3 aromatic rings. The highest BCUT2D eigenvalue weighted by molar-refractivity contribution is 9.10. The number of hydrogen-bond acceptors (Lipinski definition) is 4. The number of hydrazine groups is 1. The predicted molar refractivity (Wildman–Crippen MR) is 77.3 cm³/mol. The maximum atomic E-state index is 5.89. The smallest absolute Gasteiger partial charge is 0.148 e.